The number of nitrogens with one attached hydrogen (secondary N) is 1. The largest absolute Gasteiger partial charge is 0.377 e. The van der Waals surface area contributed by atoms with Crippen LogP contribution in [0.3, 0.4) is 0 Å². The Labute approximate surface area is 217 Å². The number of benzene rings is 4. The molecule has 37 heavy (non-hydrogen) atoms. The number of nitrogens with zero attached hydrogens (tertiary/aromatic N) is 2. The van der Waals surface area contributed by atoms with Crippen molar-refractivity contribution in [1.82, 2.24) is 4.90 Å². The first-order chi connectivity index (χ1) is 17.8. The fourth-order valence-corrected chi connectivity index (χ4v) is 4.23. The molecule has 1 N–H and O–H groups in total. The maximum atomic E-state index is 13.7. The Kier molecular flexibility index (Phi) is 7.98. The molecule has 0 saturated carbocycles. The monoisotopic (exact) mass is 495 g/mol. The van der Waals surface area contributed by atoms with Gasteiger partial charge in [0.25, 0.3) is 11.8 Å². The minimum Gasteiger partial charge on any atom is -0.377 e. The molecule has 5 nitrogen and oxygen atoms in total. The summed E-state index contributed by atoms with van der Waals surface area (Å²) in [4.78, 5) is 30.2. The van der Waals surface area contributed by atoms with Crippen molar-refractivity contribution < 1.29 is 14.0 Å². The molecule has 6 heteroatoms. The molecule has 0 fully saturated rings. The smallest absolute Gasteiger partial charge is 0.255 e. The normalized spacial score (nSPS) is 10.6. The number of hydrogen-bond acceptors (Lipinski definition) is 3. The number of hydrogen-bond donors (Lipinski definition) is 1. The van der Waals surface area contributed by atoms with Gasteiger partial charge in [0.2, 0.25) is 0 Å². The van der Waals surface area contributed by atoms with E-state index in [0.29, 0.717) is 24.3 Å². The standard InChI is InChI=1S/C31H30FN3O2/c1-22-9-7-13-25(17-22)31(37)35(20-23-10-5-4-6-11-23)21-26-19-28(15-16-29(26)34(2)3)33-30(36)24-12-8-14-27(32)18-24/h4-19H,20-21H2,1-3H3,(H,33,36). The highest BCUT2D eigenvalue weighted by molar-refractivity contribution is 6.04. The molecule has 4 rings (SSSR count). The molecule has 2 amide bonds. The highest BCUT2D eigenvalue weighted by Gasteiger charge is 2.20. The van der Waals surface area contributed by atoms with E-state index < -0.39 is 11.7 Å². The van der Waals surface area contributed by atoms with E-state index in [4.69, 9.17) is 0 Å². The van der Waals surface area contributed by atoms with Crippen LogP contribution >= 0.6 is 0 Å². The van der Waals surface area contributed by atoms with Crippen molar-refractivity contribution in [3.05, 3.63) is 131 Å². The molecule has 0 aliphatic rings. The molecule has 4 aromatic rings. The number of aryl methyl sites for hydroxylation is 1. The van der Waals surface area contributed by atoms with Gasteiger partial charge in [-0.15, -0.1) is 0 Å². The summed E-state index contributed by atoms with van der Waals surface area (Å²) in [5.41, 5.74) is 5.26. The molecule has 0 unspecified atom stereocenters. The molecule has 0 aliphatic carbocycles. The summed E-state index contributed by atoms with van der Waals surface area (Å²) in [6, 6.07) is 28.6. The third-order valence-electron chi connectivity index (χ3n) is 6.04. The summed E-state index contributed by atoms with van der Waals surface area (Å²) < 4.78 is 13.6. The van der Waals surface area contributed by atoms with Gasteiger partial charge in [-0.3, -0.25) is 9.59 Å². The summed E-state index contributed by atoms with van der Waals surface area (Å²) in [5.74, 6) is -0.950. The van der Waals surface area contributed by atoms with Gasteiger partial charge in [-0.1, -0.05) is 54.1 Å². The molecule has 0 saturated heterocycles. The van der Waals surface area contributed by atoms with Crippen molar-refractivity contribution in [1.29, 1.82) is 0 Å². The Morgan fingerprint density at radius 3 is 2.22 bits per heavy atom. The SMILES string of the molecule is Cc1cccc(C(=O)N(Cc2ccccc2)Cc2cc(NC(=O)c3cccc(F)c3)ccc2N(C)C)c1. The molecular weight excluding hydrogens is 465 g/mol. The Morgan fingerprint density at radius 1 is 0.784 bits per heavy atom. The van der Waals surface area contributed by atoms with Gasteiger partial charge in [-0.2, -0.15) is 0 Å². The van der Waals surface area contributed by atoms with Crippen LogP contribution in [0.25, 0.3) is 0 Å². The predicted molar refractivity (Wildman–Crippen MR) is 146 cm³/mol. The Balaban J connectivity index is 1.66. The first-order valence-electron chi connectivity index (χ1n) is 12.1. The fourth-order valence-electron chi connectivity index (χ4n) is 4.23. The minimum atomic E-state index is -0.470. The first-order valence-corrected chi connectivity index (χ1v) is 12.1. The van der Waals surface area contributed by atoms with Crippen LogP contribution in [0.15, 0.2) is 97.1 Å². The maximum Gasteiger partial charge on any atom is 0.255 e. The Hall–Kier alpha value is -4.45. The lowest BCUT2D eigenvalue weighted by Crippen LogP contribution is -2.31. The van der Waals surface area contributed by atoms with E-state index in [1.165, 1.54) is 18.2 Å². The van der Waals surface area contributed by atoms with Crippen LogP contribution in [-0.4, -0.2) is 30.8 Å². The number of anilines is 2. The van der Waals surface area contributed by atoms with Crippen molar-refractivity contribution in [3.8, 4) is 0 Å². The van der Waals surface area contributed by atoms with Crippen LogP contribution in [-0.2, 0) is 13.1 Å². The second-order valence-electron chi connectivity index (χ2n) is 9.22. The average molecular weight is 496 g/mol. The molecule has 0 heterocycles. The van der Waals surface area contributed by atoms with Crippen molar-refractivity contribution in [2.45, 2.75) is 20.0 Å². The lowest BCUT2D eigenvalue weighted by molar-refractivity contribution is 0.0730. The van der Waals surface area contributed by atoms with E-state index >= 15 is 0 Å². The molecule has 0 spiro atoms. The Bertz CT molecular complexity index is 1400. The van der Waals surface area contributed by atoms with E-state index in [1.54, 1.807) is 12.1 Å². The first kappa shape index (κ1) is 25.6. The van der Waals surface area contributed by atoms with Gasteiger partial charge in [0.05, 0.1) is 0 Å². The minimum absolute atomic E-state index is 0.0774. The van der Waals surface area contributed by atoms with Crippen LogP contribution in [0.5, 0.6) is 0 Å². The zero-order valence-corrected chi connectivity index (χ0v) is 21.2. The van der Waals surface area contributed by atoms with Gasteiger partial charge in [0, 0.05) is 49.7 Å². The molecule has 0 aromatic heterocycles. The molecular formula is C31H30FN3O2. The lowest BCUT2D eigenvalue weighted by Gasteiger charge is -2.27. The van der Waals surface area contributed by atoms with Crippen LogP contribution in [0.4, 0.5) is 15.8 Å². The van der Waals surface area contributed by atoms with Crippen molar-refractivity contribution >= 4 is 23.2 Å². The number of halogens is 1. The zero-order valence-electron chi connectivity index (χ0n) is 21.2. The third kappa shape index (κ3) is 6.61. The molecule has 4 aromatic carbocycles. The molecule has 188 valence electrons. The van der Waals surface area contributed by atoms with E-state index in [9.17, 15) is 14.0 Å². The van der Waals surface area contributed by atoms with Crippen LogP contribution in [0.2, 0.25) is 0 Å². The third-order valence-corrected chi connectivity index (χ3v) is 6.04. The molecule has 0 atom stereocenters. The van der Waals surface area contributed by atoms with Crippen LogP contribution in [0.1, 0.15) is 37.4 Å². The molecule has 0 radical (unpaired) electrons. The summed E-state index contributed by atoms with van der Waals surface area (Å²) in [7, 11) is 3.88. The lowest BCUT2D eigenvalue weighted by atomic mass is 10.1. The van der Waals surface area contributed by atoms with Gasteiger partial charge in [-0.25, -0.2) is 4.39 Å². The van der Waals surface area contributed by atoms with Gasteiger partial charge < -0.3 is 15.1 Å². The highest BCUT2D eigenvalue weighted by atomic mass is 19.1. The van der Waals surface area contributed by atoms with Gasteiger partial charge in [0.15, 0.2) is 0 Å². The van der Waals surface area contributed by atoms with E-state index in [1.807, 2.05) is 97.5 Å². The fraction of sp³-hybridized carbons (Fsp3) is 0.161. The second kappa shape index (κ2) is 11.5. The highest BCUT2D eigenvalue weighted by Crippen LogP contribution is 2.26. The van der Waals surface area contributed by atoms with Crippen LogP contribution < -0.4 is 10.2 Å². The van der Waals surface area contributed by atoms with Gasteiger partial charge >= 0.3 is 0 Å². The number of rotatable bonds is 8. The van der Waals surface area contributed by atoms with Gasteiger partial charge in [-0.05, 0) is 66.6 Å². The number of carbonyl (C=O) groups is 2. The van der Waals surface area contributed by atoms with Crippen molar-refractivity contribution in [2.75, 3.05) is 24.3 Å². The molecule has 0 aliphatic heterocycles. The second-order valence-corrected chi connectivity index (χ2v) is 9.22. The summed E-state index contributed by atoms with van der Waals surface area (Å²) in [5, 5.41) is 2.86. The van der Waals surface area contributed by atoms with Crippen molar-refractivity contribution in [3.63, 3.8) is 0 Å². The van der Waals surface area contributed by atoms with E-state index in [-0.39, 0.29) is 11.5 Å². The zero-order chi connectivity index (χ0) is 26.4. The Morgan fingerprint density at radius 2 is 1.51 bits per heavy atom. The van der Waals surface area contributed by atoms with Gasteiger partial charge in [0.1, 0.15) is 5.82 Å². The van der Waals surface area contributed by atoms with E-state index in [0.717, 1.165) is 22.4 Å². The van der Waals surface area contributed by atoms with Crippen LogP contribution in [0, 0.1) is 12.7 Å². The topological polar surface area (TPSA) is 52.7 Å². The van der Waals surface area contributed by atoms with E-state index in [2.05, 4.69) is 5.32 Å². The average Bonchev–Trinajstić information content (AvgIpc) is 2.88. The quantitative estimate of drug-likeness (QED) is 0.312. The van der Waals surface area contributed by atoms with Crippen molar-refractivity contribution in [2.24, 2.45) is 0 Å². The summed E-state index contributed by atoms with van der Waals surface area (Å²) in [6.07, 6.45) is 0. The summed E-state index contributed by atoms with van der Waals surface area (Å²) >= 11 is 0. The maximum absolute atomic E-state index is 13.7. The molecule has 0 bridgehead atoms. The summed E-state index contributed by atoms with van der Waals surface area (Å²) in [6.45, 7) is 2.73. The number of amides is 2. The predicted octanol–water partition coefficient (Wildman–Crippen LogP) is 6.30. The number of carbonyl (C=O) groups excluding carboxylic acids is 2.